The average molecular weight is 397 g/mol. The highest BCUT2D eigenvalue weighted by Crippen LogP contribution is 2.13. The van der Waals surface area contributed by atoms with Crippen molar-refractivity contribution in [1.82, 2.24) is 0 Å². The fourth-order valence-electron chi connectivity index (χ4n) is 2.07. The van der Waals surface area contributed by atoms with E-state index in [0.29, 0.717) is 5.56 Å². The number of hydrogen-bond donors (Lipinski definition) is 0. The second-order valence-electron chi connectivity index (χ2n) is 7.09. The van der Waals surface area contributed by atoms with Gasteiger partial charge < -0.3 is 0 Å². The minimum atomic E-state index is -1.52. The van der Waals surface area contributed by atoms with Crippen LogP contribution in [-0.2, 0) is 0 Å². The molecule has 144 valence electrons. The van der Waals surface area contributed by atoms with E-state index in [2.05, 4.69) is 37.0 Å². The first-order valence-electron chi connectivity index (χ1n) is 8.56. The van der Waals surface area contributed by atoms with Gasteiger partial charge in [-0.3, -0.25) is 9.59 Å². The first kappa shape index (κ1) is 23.0. The fourth-order valence-corrected chi connectivity index (χ4v) is 2.58. The van der Waals surface area contributed by atoms with Crippen LogP contribution in [0.2, 0.25) is 19.6 Å². The zero-order chi connectivity index (χ0) is 21.5. The maximum atomic E-state index is 13.8. The molecule has 2 aromatic carbocycles. The van der Waals surface area contributed by atoms with Gasteiger partial charge in [-0.1, -0.05) is 43.6 Å². The Hall–Kier alpha value is -3.02. The molecule has 0 aliphatic carbocycles. The topological polar surface area (TPSA) is 34.1 Å². The standard InChI is InChI=1S/C13H15FOSi.C10H7FO/c1-10(15)12-7-5-6-11(13(12)14)8-9-16(2,3)4;1-3-8-5-4-6-9(7(2)12)10(8)11/h5-7H,1-4H3;1,4-6H,2H3. The number of terminal acetylenes is 1. The third-order valence-corrected chi connectivity index (χ3v) is 4.36. The van der Waals surface area contributed by atoms with E-state index in [1.165, 1.54) is 32.0 Å². The van der Waals surface area contributed by atoms with Crippen LogP contribution in [0.4, 0.5) is 8.78 Å². The molecule has 0 N–H and O–H groups in total. The molecule has 2 aromatic rings. The van der Waals surface area contributed by atoms with Gasteiger partial charge in [-0.25, -0.2) is 8.78 Å². The number of hydrogen-bond acceptors (Lipinski definition) is 2. The Labute approximate surface area is 166 Å². The lowest BCUT2D eigenvalue weighted by Gasteiger charge is -2.04. The van der Waals surface area contributed by atoms with Crippen LogP contribution in [0.3, 0.4) is 0 Å². The summed E-state index contributed by atoms with van der Waals surface area (Å²) in [5.74, 6) is 3.31. The number of ketones is 2. The van der Waals surface area contributed by atoms with Crippen molar-refractivity contribution in [3.8, 4) is 23.8 Å². The monoisotopic (exact) mass is 396 g/mol. The molecular formula is C23H22F2O2Si. The predicted molar refractivity (Wildman–Crippen MR) is 111 cm³/mol. The quantitative estimate of drug-likeness (QED) is 0.394. The van der Waals surface area contributed by atoms with Crippen molar-refractivity contribution < 1.29 is 18.4 Å². The molecule has 0 saturated heterocycles. The highest BCUT2D eigenvalue weighted by molar-refractivity contribution is 6.83. The molecule has 0 aromatic heterocycles. The first-order valence-corrected chi connectivity index (χ1v) is 12.1. The van der Waals surface area contributed by atoms with E-state index in [1.807, 2.05) is 0 Å². The minimum absolute atomic E-state index is 0.0467. The second-order valence-corrected chi connectivity index (χ2v) is 11.8. The molecule has 28 heavy (non-hydrogen) atoms. The van der Waals surface area contributed by atoms with Crippen LogP contribution in [0, 0.1) is 35.4 Å². The predicted octanol–water partition coefficient (Wildman–Crippen LogP) is 5.27. The summed E-state index contributed by atoms with van der Waals surface area (Å²) in [6.45, 7) is 8.93. The maximum Gasteiger partial charge on any atom is 0.162 e. The van der Waals surface area contributed by atoms with E-state index in [-0.39, 0.29) is 28.3 Å². The number of benzene rings is 2. The molecule has 0 amide bonds. The number of rotatable bonds is 2. The molecule has 0 heterocycles. The van der Waals surface area contributed by atoms with E-state index >= 15 is 0 Å². The zero-order valence-electron chi connectivity index (χ0n) is 16.6. The van der Waals surface area contributed by atoms with Crippen LogP contribution in [-0.4, -0.2) is 19.6 Å². The van der Waals surface area contributed by atoms with E-state index in [0.717, 1.165) is 0 Å². The van der Waals surface area contributed by atoms with E-state index in [9.17, 15) is 18.4 Å². The molecule has 2 nitrogen and oxygen atoms in total. The number of halogens is 2. The Morgan fingerprint density at radius 2 is 1.29 bits per heavy atom. The van der Waals surface area contributed by atoms with Gasteiger partial charge in [0, 0.05) is 0 Å². The van der Waals surface area contributed by atoms with Gasteiger partial charge in [0.1, 0.15) is 19.7 Å². The molecule has 0 spiro atoms. The molecule has 0 atom stereocenters. The summed E-state index contributed by atoms with van der Waals surface area (Å²) in [5, 5.41) is 0. The van der Waals surface area contributed by atoms with Crippen LogP contribution in [0.1, 0.15) is 45.7 Å². The van der Waals surface area contributed by atoms with Gasteiger partial charge in [-0.2, -0.15) is 0 Å². The summed E-state index contributed by atoms with van der Waals surface area (Å²) >= 11 is 0. The van der Waals surface area contributed by atoms with Crippen LogP contribution in [0.15, 0.2) is 36.4 Å². The highest BCUT2D eigenvalue weighted by Gasteiger charge is 2.12. The highest BCUT2D eigenvalue weighted by atomic mass is 28.3. The normalized spacial score (nSPS) is 9.93. The summed E-state index contributed by atoms with van der Waals surface area (Å²) in [6.07, 6.45) is 5.02. The molecule has 5 heteroatoms. The van der Waals surface area contributed by atoms with Crippen LogP contribution in [0.25, 0.3) is 0 Å². The van der Waals surface area contributed by atoms with E-state index in [4.69, 9.17) is 6.42 Å². The van der Waals surface area contributed by atoms with E-state index in [1.54, 1.807) is 18.2 Å². The van der Waals surface area contributed by atoms with Gasteiger partial charge in [0.25, 0.3) is 0 Å². The zero-order valence-corrected chi connectivity index (χ0v) is 17.6. The van der Waals surface area contributed by atoms with Crippen molar-refractivity contribution in [2.45, 2.75) is 33.5 Å². The van der Waals surface area contributed by atoms with Gasteiger partial charge in [0.15, 0.2) is 11.6 Å². The van der Waals surface area contributed by atoms with Crippen molar-refractivity contribution in [3.63, 3.8) is 0 Å². The number of carbonyl (C=O) groups is 2. The Balaban J connectivity index is 0.000000292. The van der Waals surface area contributed by atoms with Crippen molar-refractivity contribution in [3.05, 3.63) is 70.3 Å². The molecule has 0 saturated carbocycles. The smallest absolute Gasteiger partial charge is 0.162 e. The Kier molecular flexibility index (Phi) is 8.04. The van der Waals surface area contributed by atoms with Gasteiger partial charge in [0.05, 0.1) is 22.3 Å². The number of Topliss-reactive ketones (excluding diaryl/α,β-unsaturated/α-hetero) is 2. The van der Waals surface area contributed by atoms with Crippen molar-refractivity contribution in [2.24, 2.45) is 0 Å². The summed E-state index contributed by atoms with van der Waals surface area (Å²) in [6, 6.07) is 9.19. The third kappa shape index (κ3) is 6.61. The van der Waals surface area contributed by atoms with Gasteiger partial charge in [0.2, 0.25) is 0 Å². The lowest BCUT2D eigenvalue weighted by molar-refractivity contribution is 0.100. The first-order chi connectivity index (χ1) is 13.0. The molecule has 0 aliphatic heterocycles. The Bertz CT molecular complexity index is 1000. The minimum Gasteiger partial charge on any atom is -0.294 e. The second kappa shape index (κ2) is 9.78. The molecule has 0 radical (unpaired) electrons. The summed E-state index contributed by atoms with van der Waals surface area (Å²) in [5.41, 5.74) is 3.69. The van der Waals surface area contributed by atoms with Gasteiger partial charge in [-0.15, -0.1) is 12.0 Å². The SMILES string of the molecule is C#Cc1cccc(C(C)=O)c1F.CC(=O)c1cccc(C#C[Si](C)(C)C)c1F. The molecular weight excluding hydrogens is 374 g/mol. The largest absolute Gasteiger partial charge is 0.294 e. The number of carbonyl (C=O) groups excluding carboxylic acids is 2. The van der Waals surface area contributed by atoms with Crippen LogP contribution >= 0.6 is 0 Å². The lowest BCUT2D eigenvalue weighted by atomic mass is 10.1. The van der Waals surface area contributed by atoms with Crippen LogP contribution in [0.5, 0.6) is 0 Å². The summed E-state index contributed by atoms with van der Waals surface area (Å²) in [7, 11) is -1.52. The summed E-state index contributed by atoms with van der Waals surface area (Å²) in [4.78, 5) is 22.0. The Morgan fingerprint density at radius 1 is 0.857 bits per heavy atom. The molecule has 0 aliphatic rings. The molecule has 2 rings (SSSR count). The van der Waals surface area contributed by atoms with Crippen molar-refractivity contribution >= 4 is 19.6 Å². The average Bonchev–Trinajstić information content (AvgIpc) is 2.60. The van der Waals surface area contributed by atoms with E-state index < -0.39 is 19.7 Å². The molecule has 0 fully saturated rings. The third-order valence-electron chi connectivity index (χ3n) is 3.48. The van der Waals surface area contributed by atoms with Gasteiger partial charge >= 0.3 is 0 Å². The van der Waals surface area contributed by atoms with Crippen LogP contribution < -0.4 is 0 Å². The Morgan fingerprint density at radius 3 is 1.68 bits per heavy atom. The van der Waals surface area contributed by atoms with Crippen molar-refractivity contribution in [2.75, 3.05) is 0 Å². The van der Waals surface area contributed by atoms with Crippen molar-refractivity contribution in [1.29, 1.82) is 0 Å². The lowest BCUT2D eigenvalue weighted by Crippen LogP contribution is -2.16. The maximum absolute atomic E-state index is 13.8. The fraction of sp³-hybridized carbons (Fsp3) is 0.217. The summed E-state index contributed by atoms with van der Waals surface area (Å²) < 4.78 is 27.0. The molecule has 0 unspecified atom stereocenters. The molecule has 0 bridgehead atoms. The van der Waals surface area contributed by atoms with Gasteiger partial charge in [-0.05, 0) is 38.1 Å².